The van der Waals surface area contributed by atoms with E-state index in [0.29, 0.717) is 11.1 Å². The molecule has 1 aromatic rings. The topological polar surface area (TPSA) is 80.4 Å². The van der Waals surface area contributed by atoms with E-state index in [2.05, 4.69) is 0 Å². The normalized spacial score (nSPS) is 13.9. The Labute approximate surface area is 89.7 Å². The van der Waals surface area contributed by atoms with Gasteiger partial charge in [0.25, 0.3) is 0 Å². The Morgan fingerprint density at radius 1 is 1.47 bits per heavy atom. The molecule has 0 saturated carbocycles. The van der Waals surface area contributed by atoms with E-state index < -0.39 is 15.9 Å². The molecule has 84 valence electrons. The third kappa shape index (κ3) is 2.77. The maximum absolute atomic E-state index is 11.3. The first kappa shape index (κ1) is 12.2. The van der Waals surface area contributed by atoms with E-state index in [0.717, 1.165) is 6.26 Å². The fraction of sp³-hybridized carbons (Fsp3) is 0.400. The molecule has 0 fully saturated rings. The van der Waals surface area contributed by atoms with Crippen LogP contribution in [0.5, 0.6) is 0 Å². The molecule has 0 amide bonds. The third-order valence-corrected chi connectivity index (χ3v) is 3.46. The number of aryl methyl sites for hydroxylation is 1. The zero-order valence-electron chi connectivity index (χ0n) is 8.77. The summed E-state index contributed by atoms with van der Waals surface area (Å²) < 4.78 is 22.6. The number of hydrogen-bond donors (Lipinski definition) is 2. The largest absolute Gasteiger partial charge is 0.387 e. The molecule has 0 aromatic heterocycles. The number of hydrogen-bond acceptors (Lipinski definition) is 4. The van der Waals surface area contributed by atoms with Gasteiger partial charge in [-0.1, -0.05) is 12.1 Å². The molecular formula is C10H15NO3S. The van der Waals surface area contributed by atoms with Crippen molar-refractivity contribution in [2.24, 2.45) is 5.73 Å². The highest BCUT2D eigenvalue weighted by atomic mass is 32.2. The lowest BCUT2D eigenvalue weighted by Gasteiger charge is -2.10. The van der Waals surface area contributed by atoms with Crippen molar-refractivity contribution >= 4 is 9.84 Å². The van der Waals surface area contributed by atoms with Crippen LogP contribution in [0, 0.1) is 6.92 Å². The van der Waals surface area contributed by atoms with Crippen LogP contribution in [-0.2, 0) is 9.84 Å². The fourth-order valence-electron chi connectivity index (χ4n) is 1.43. The molecule has 0 aliphatic rings. The molecule has 0 spiro atoms. The number of benzene rings is 1. The molecule has 0 heterocycles. The van der Waals surface area contributed by atoms with E-state index >= 15 is 0 Å². The summed E-state index contributed by atoms with van der Waals surface area (Å²) in [5, 5.41) is 9.47. The van der Waals surface area contributed by atoms with Crippen molar-refractivity contribution in [3.63, 3.8) is 0 Å². The first-order valence-corrected chi connectivity index (χ1v) is 6.44. The standard InChI is InChI=1S/C10H15NO3S/c1-7-5-8(9(12)6-11)3-4-10(7)15(2,13)14/h3-5,9,12H,6,11H2,1-2H3. The molecule has 1 rings (SSSR count). The van der Waals surface area contributed by atoms with Crippen molar-refractivity contribution < 1.29 is 13.5 Å². The monoisotopic (exact) mass is 229 g/mol. The average Bonchev–Trinajstić information content (AvgIpc) is 2.14. The second kappa shape index (κ2) is 4.30. The molecule has 0 bridgehead atoms. The molecule has 0 aliphatic carbocycles. The van der Waals surface area contributed by atoms with E-state index in [9.17, 15) is 13.5 Å². The van der Waals surface area contributed by atoms with Gasteiger partial charge in [0, 0.05) is 12.8 Å². The Hall–Kier alpha value is -0.910. The van der Waals surface area contributed by atoms with Crippen molar-refractivity contribution in [3.05, 3.63) is 29.3 Å². The van der Waals surface area contributed by atoms with Gasteiger partial charge in [-0.2, -0.15) is 0 Å². The Morgan fingerprint density at radius 2 is 2.07 bits per heavy atom. The van der Waals surface area contributed by atoms with Gasteiger partial charge in [-0.15, -0.1) is 0 Å². The summed E-state index contributed by atoms with van der Waals surface area (Å²) in [7, 11) is -3.20. The Bertz CT molecular complexity index is 454. The summed E-state index contributed by atoms with van der Waals surface area (Å²) in [6.45, 7) is 1.82. The number of nitrogens with two attached hydrogens (primary N) is 1. The van der Waals surface area contributed by atoms with Crippen LogP contribution in [0.2, 0.25) is 0 Å². The number of aliphatic hydroxyl groups excluding tert-OH is 1. The maximum Gasteiger partial charge on any atom is 0.175 e. The van der Waals surface area contributed by atoms with Crippen molar-refractivity contribution in [3.8, 4) is 0 Å². The zero-order chi connectivity index (χ0) is 11.6. The molecule has 1 aromatic carbocycles. The van der Waals surface area contributed by atoms with Crippen molar-refractivity contribution in [2.45, 2.75) is 17.9 Å². The highest BCUT2D eigenvalue weighted by molar-refractivity contribution is 7.90. The van der Waals surface area contributed by atoms with Gasteiger partial charge in [0.2, 0.25) is 0 Å². The van der Waals surface area contributed by atoms with Crippen LogP contribution >= 0.6 is 0 Å². The van der Waals surface area contributed by atoms with Gasteiger partial charge >= 0.3 is 0 Å². The van der Waals surface area contributed by atoms with Gasteiger partial charge in [-0.3, -0.25) is 0 Å². The predicted octanol–water partition coefficient (Wildman–Crippen LogP) is 0.391. The molecule has 0 radical (unpaired) electrons. The van der Waals surface area contributed by atoms with E-state index in [1.807, 2.05) is 0 Å². The van der Waals surface area contributed by atoms with E-state index in [1.165, 1.54) is 6.07 Å². The van der Waals surface area contributed by atoms with Crippen LogP contribution in [0.25, 0.3) is 0 Å². The molecular weight excluding hydrogens is 214 g/mol. The van der Waals surface area contributed by atoms with Gasteiger partial charge in [0.1, 0.15) is 0 Å². The predicted molar refractivity (Wildman–Crippen MR) is 58.3 cm³/mol. The highest BCUT2D eigenvalue weighted by Crippen LogP contribution is 2.20. The molecule has 0 saturated heterocycles. The molecule has 15 heavy (non-hydrogen) atoms. The van der Waals surface area contributed by atoms with Crippen LogP contribution in [0.15, 0.2) is 23.1 Å². The summed E-state index contributed by atoms with van der Waals surface area (Å²) in [4.78, 5) is 0.287. The smallest absolute Gasteiger partial charge is 0.175 e. The molecule has 1 atom stereocenters. The lowest BCUT2D eigenvalue weighted by Crippen LogP contribution is -2.12. The van der Waals surface area contributed by atoms with Crippen LogP contribution in [0.3, 0.4) is 0 Å². The van der Waals surface area contributed by atoms with Crippen LogP contribution in [0.1, 0.15) is 17.2 Å². The summed E-state index contributed by atoms with van der Waals surface area (Å²) in [6, 6.07) is 4.73. The maximum atomic E-state index is 11.3. The zero-order valence-corrected chi connectivity index (χ0v) is 9.58. The molecule has 0 aliphatic heterocycles. The highest BCUT2D eigenvalue weighted by Gasteiger charge is 2.13. The van der Waals surface area contributed by atoms with Crippen LogP contribution in [-0.4, -0.2) is 26.3 Å². The first-order valence-electron chi connectivity index (χ1n) is 4.55. The van der Waals surface area contributed by atoms with Crippen molar-refractivity contribution in [1.82, 2.24) is 0 Å². The Balaban J connectivity index is 3.21. The first-order chi connectivity index (χ1) is 6.86. The van der Waals surface area contributed by atoms with Gasteiger partial charge in [-0.05, 0) is 24.1 Å². The van der Waals surface area contributed by atoms with E-state index in [4.69, 9.17) is 5.73 Å². The quantitative estimate of drug-likeness (QED) is 0.785. The second-order valence-corrected chi connectivity index (χ2v) is 5.53. The molecule has 1 unspecified atom stereocenters. The molecule has 4 nitrogen and oxygen atoms in total. The van der Waals surface area contributed by atoms with Gasteiger partial charge in [0.15, 0.2) is 9.84 Å². The lowest BCUT2D eigenvalue weighted by atomic mass is 10.1. The fourth-order valence-corrected chi connectivity index (χ4v) is 2.39. The van der Waals surface area contributed by atoms with Gasteiger partial charge < -0.3 is 10.8 Å². The van der Waals surface area contributed by atoms with Crippen LogP contribution < -0.4 is 5.73 Å². The lowest BCUT2D eigenvalue weighted by molar-refractivity contribution is 0.186. The summed E-state index contributed by atoms with van der Waals surface area (Å²) in [5.74, 6) is 0. The SMILES string of the molecule is Cc1cc(C(O)CN)ccc1S(C)(=O)=O. The van der Waals surface area contributed by atoms with E-state index in [-0.39, 0.29) is 11.4 Å². The minimum Gasteiger partial charge on any atom is -0.387 e. The van der Waals surface area contributed by atoms with Crippen molar-refractivity contribution in [2.75, 3.05) is 12.8 Å². The van der Waals surface area contributed by atoms with E-state index in [1.54, 1.807) is 19.1 Å². The third-order valence-electron chi connectivity index (χ3n) is 2.21. The molecule has 5 heteroatoms. The van der Waals surface area contributed by atoms with Gasteiger partial charge in [0.05, 0.1) is 11.0 Å². The second-order valence-electron chi connectivity index (χ2n) is 3.55. The summed E-state index contributed by atoms with van der Waals surface area (Å²) in [6.07, 6.45) is 0.422. The van der Waals surface area contributed by atoms with Crippen molar-refractivity contribution in [1.29, 1.82) is 0 Å². The number of sulfone groups is 1. The molecule has 3 N–H and O–H groups in total. The average molecular weight is 229 g/mol. The Morgan fingerprint density at radius 3 is 2.47 bits per heavy atom. The number of rotatable bonds is 3. The minimum absolute atomic E-state index is 0.123. The Kier molecular flexibility index (Phi) is 3.49. The summed E-state index contributed by atoms with van der Waals surface area (Å²) >= 11 is 0. The van der Waals surface area contributed by atoms with Crippen LogP contribution in [0.4, 0.5) is 0 Å². The summed E-state index contributed by atoms with van der Waals surface area (Å²) in [5.41, 5.74) is 6.58. The van der Waals surface area contributed by atoms with Gasteiger partial charge in [-0.25, -0.2) is 8.42 Å². The minimum atomic E-state index is -3.20. The number of aliphatic hydroxyl groups is 1.